The molecule has 0 radical (unpaired) electrons. The van der Waals surface area contributed by atoms with Gasteiger partial charge in [-0.3, -0.25) is 9.59 Å². The second-order valence-electron chi connectivity index (χ2n) is 8.39. The quantitative estimate of drug-likeness (QED) is 0.640. The van der Waals surface area contributed by atoms with Gasteiger partial charge in [-0.2, -0.15) is 0 Å². The fourth-order valence-corrected chi connectivity index (χ4v) is 7.26. The highest BCUT2D eigenvalue weighted by molar-refractivity contribution is 7.91. The Labute approximate surface area is 187 Å². The van der Waals surface area contributed by atoms with Gasteiger partial charge in [0.1, 0.15) is 5.00 Å². The fourth-order valence-electron chi connectivity index (χ4n) is 4.45. The van der Waals surface area contributed by atoms with Crippen LogP contribution in [0.5, 0.6) is 0 Å². The van der Waals surface area contributed by atoms with E-state index in [1.165, 1.54) is 18.3 Å². The maximum atomic E-state index is 13.1. The normalized spacial score (nSPS) is 20.9. The van der Waals surface area contributed by atoms with Crippen molar-refractivity contribution in [2.45, 2.75) is 71.4 Å². The topological polar surface area (TPSA) is 110 Å². The van der Waals surface area contributed by atoms with E-state index in [0.29, 0.717) is 17.0 Å². The number of esters is 1. The molecular formula is C21H30N2O6S2. The minimum Gasteiger partial charge on any atom is -0.452 e. The van der Waals surface area contributed by atoms with Crippen LogP contribution >= 0.6 is 11.3 Å². The Balaban J connectivity index is 1.73. The average molecular weight is 471 g/mol. The smallest absolute Gasteiger partial charge is 0.341 e. The second kappa shape index (κ2) is 9.68. The third kappa shape index (κ3) is 5.65. The van der Waals surface area contributed by atoms with Crippen LogP contribution in [0.2, 0.25) is 0 Å². The first-order chi connectivity index (χ1) is 14.6. The summed E-state index contributed by atoms with van der Waals surface area (Å²) in [6, 6.07) is -0.377. The number of amides is 2. The van der Waals surface area contributed by atoms with Crippen LogP contribution in [-0.2, 0) is 24.2 Å². The van der Waals surface area contributed by atoms with E-state index in [4.69, 9.17) is 4.74 Å². The number of ether oxygens (including phenoxy) is 1. The van der Waals surface area contributed by atoms with Gasteiger partial charge in [0.15, 0.2) is 16.4 Å². The zero-order chi connectivity index (χ0) is 22.8. The van der Waals surface area contributed by atoms with E-state index < -0.39 is 22.4 Å². The summed E-state index contributed by atoms with van der Waals surface area (Å²) in [5.74, 6) is -1.26. The number of hydrogen-bond donors (Lipinski definition) is 1. The first-order valence-electron chi connectivity index (χ1n) is 10.7. The number of thiophene rings is 1. The molecule has 1 aliphatic carbocycles. The van der Waals surface area contributed by atoms with Gasteiger partial charge in [0.2, 0.25) is 5.91 Å². The first-order valence-corrected chi connectivity index (χ1v) is 13.3. The van der Waals surface area contributed by atoms with Crippen molar-refractivity contribution in [1.82, 2.24) is 4.90 Å². The maximum absolute atomic E-state index is 13.1. The Morgan fingerprint density at radius 1 is 1.10 bits per heavy atom. The molecule has 1 aliphatic heterocycles. The molecule has 1 saturated heterocycles. The van der Waals surface area contributed by atoms with Crippen molar-refractivity contribution in [3.05, 3.63) is 16.0 Å². The molecule has 10 heteroatoms. The third-order valence-electron chi connectivity index (χ3n) is 6.06. The lowest BCUT2D eigenvalue weighted by atomic mass is 9.93. The lowest BCUT2D eigenvalue weighted by Gasteiger charge is -2.38. The summed E-state index contributed by atoms with van der Waals surface area (Å²) in [7, 11) is -3.15. The number of carbonyl (C=O) groups excluding carboxylic acids is 3. The van der Waals surface area contributed by atoms with Gasteiger partial charge in [-0.05, 0) is 38.7 Å². The number of aryl methyl sites for hydroxylation is 1. The SMILES string of the molecule is CC(=O)Nc1sc(C)c(C)c1C(=O)OCC(=O)N(C1CCCCC1)[C@H]1CCS(=O)(=O)C1. The molecule has 1 aromatic rings. The van der Waals surface area contributed by atoms with Crippen molar-refractivity contribution >= 4 is 44.0 Å². The van der Waals surface area contributed by atoms with Crippen molar-refractivity contribution in [2.75, 3.05) is 23.4 Å². The third-order valence-corrected chi connectivity index (χ3v) is 8.94. The number of carbonyl (C=O) groups is 3. The van der Waals surface area contributed by atoms with Gasteiger partial charge in [0.05, 0.1) is 17.1 Å². The number of nitrogens with zero attached hydrogens (tertiary/aromatic N) is 1. The molecule has 2 fully saturated rings. The van der Waals surface area contributed by atoms with Crippen LogP contribution in [0.1, 0.15) is 66.2 Å². The molecule has 2 amide bonds. The lowest BCUT2D eigenvalue weighted by Crippen LogP contribution is -2.50. The molecule has 1 atom stereocenters. The van der Waals surface area contributed by atoms with Gasteiger partial charge in [0, 0.05) is 23.9 Å². The largest absolute Gasteiger partial charge is 0.452 e. The zero-order valence-corrected chi connectivity index (χ0v) is 19.9. The van der Waals surface area contributed by atoms with Crippen LogP contribution in [0.25, 0.3) is 0 Å². The number of rotatable bonds is 6. The minimum absolute atomic E-state index is 0.0154. The van der Waals surface area contributed by atoms with Gasteiger partial charge >= 0.3 is 5.97 Å². The Morgan fingerprint density at radius 2 is 1.77 bits per heavy atom. The molecule has 1 aromatic heterocycles. The Morgan fingerprint density at radius 3 is 2.35 bits per heavy atom. The van der Waals surface area contributed by atoms with Crippen molar-refractivity contribution in [3.8, 4) is 0 Å². The van der Waals surface area contributed by atoms with Crippen molar-refractivity contribution in [1.29, 1.82) is 0 Å². The van der Waals surface area contributed by atoms with Gasteiger partial charge in [0.25, 0.3) is 5.91 Å². The van der Waals surface area contributed by atoms with Crippen LogP contribution in [0.3, 0.4) is 0 Å². The van der Waals surface area contributed by atoms with Crippen LogP contribution in [0.15, 0.2) is 0 Å². The van der Waals surface area contributed by atoms with E-state index >= 15 is 0 Å². The number of anilines is 1. The van der Waals surface area contributed by atoms with Crippen molar-refractivity contribution in [2.24, 2.45) is 0 Å². The second-order valence-corrected chi connectivity index (χ2v) is 11.8. The van der Waals surface area contributed by atoms with E-state index in [1.54, 1.807) is 11.8 Å². The molecular weight excluding hydrogens is 440 g/mol. The van der Waals surface area contributed by atoms with E-state index in [0.717, 1.165) is 37.0 Å². The summed E-state index contributed by atoms with van der Waals surface area (Å²) >= 11 is 1.29. The summed E-state index contributed by atoms with van der Waals surface area (Å²) in [5, 5.41) is 3.06. The number of hydrogen-bond acceptors (Lipinski definition) is 7. The molecule has 1 N–H and O–H groups in total. The predicted octanol–water partition coefficient (Wildman–Crippen LogP) is 2.83. The summed E-state index contributed by atoms with van der Waals surface area (Å²) in [4.78, 5) is 39.9. The predicted molar refractivity (Wildman–Crippen MR) is 119 cm³/mol. The Hall–Kier alpha value is -1.94. The molecule has 31 heavy (non-hydrogen) atoms. The maximum Gasteiger partial charge on any atom is 0.341 e. The van der Waals surface area contributed by atoms with Gasteiger partial charge in [-0.15, -0.1) is 11.3 Å². The molecule has 172 valence electrons. The molecule has 0 aromatic carbocycles. The number of sulfone groups is 1. The van der Waals surface area contributed by atoms with Crippen LogP contribution in [0.4, 0.5) is 5.00 Å². The molecule has 2 aliphatic rings. The highest BCUT2D eigenvalue weighted by Gasteiger charge is 2.39. The molecule has 8 nitrogen and oxygen atoms in total. The summed E-state index contributed by atoms with van der Waals surface area (Å²) in [6.45, 7) is 4.53. The molecule has 2 heterocycles. The van der Waals surface area contributed by atoms with Gasteiger partial charge < -0.3 is 15.0 Å². The van der Waals surface area contributed by atoms with E-state index in [1.807, 2.05) is 6.92 Å². The summed E-state index contributed by atoms with van der Waals surface area (Å²) in [6.07, 6.45) is 5.22. The molecule has 0 bridgehead atoms. The van der Waals surface area contributed by atoms with E-state index in [2.05, 4.69) is 5.32 Å². The summed E-state index contributed by atoms with van der Waals surface area (Å²) in [5.41, 5.74) is 0.968. The van der Waals surface area contributed by atoms with Crippen LogP contribution in [0, 0.1) is 13.8 Å². The molecule has 0 spiro atoms. The van der Waals surface area contributed by atoms with Crippen molar-refractivity contribution in [3.63, 3.8) is 0 Å². The van der Waals surface area contributed by atoms with Gasteiger partial charge in [-0.25, -0.2) is 13.2 Å². The minimum atomic E-state index is -3.15. The van der Waals surface area contributed by atoms with E-state index in [9.17, 15) is 22.8 Å². The lowest BCUT2D eigenvalue weighted by molar-refractivity contribution is -0.140. The molecule has 1 saturated carbocycles. The van der Waals surface area contributed by atoms with Crippen LogP contribution in [-0.4, -0.2) is 61.3 Å². The van der Waals surface area contributed by atoms with Gasteiger partial charge in [-0.1, -0.05) is 19.3 Å². The highest BCUT2D eigenvalue weighted by atomic mass is 32.2. The molecule has 0 unspecified atom stereocenters. The first kappa shape index (κ1) is 23.7. The molecule has 3 rings (SSSR count). The highest BCUT2D eigenvalue weighted by Crippen LogP contribution is 2.33. The number of nitrogens with one attached hydrogen (secondary N) is 1. The monoisotopic (exact) mass is 470 g/mol. The standard InChI is InChI=1S/C21H30N2O6S2/c1-13-14(2)30-20(22-15(3)24)19(13)21(26)29-11-18(25)23(16-7-5-4-6-8-16)17-9-10-31(27,28)12-17/h16-17H,4-12H2,1-3H3,(H,22,24)/t17-/m0/s1. The zero-order valence-electron chi connectivity index (χ0n) is 18.2. The Kier molecular flexibility index (Phi) is 7.41. The average Bonchev–Trinajstić information content (AvgIpc) is 3.19. The van der Waals surface area contributed by atoms with Crippen molar-refractivity contribution < 1.29 is 27.5 Å². The fraction of sp³-hybridized carbons (Fsp3) is 0.667. The van der Waals surface area contributed by atoms with Crippen LogP contribution < -0.4 is 5.32 Å². The Bertz CT molecular complexity index is 963. The summed E-state index contributed by atoms with van der Waals surface area (Å²) < 4.78 is 29.4. The van der Waals surface area contributed by atoms with E-state index in [-0.39, 0.29) is 41.0 Å².